The second-order valence-electron chi connectivity index (χ2n) is 5.37. The van der Waals surface area contributed by atoms with Gasteiger partial charge in [0.1, 0.15) is 6.04 Å². The molecule has 122 valence electrons. The molecule has 0 bridgehead atoms. The molecule has 23 heavy (non-hydrogen) atoms. The molecule has 0 spiro atoms. The third-order valence-corrected chi connectivity index (χ3v) is 3.99. The van der Waals surface area contributed by atoms with E-state index in [1.807, 2.05) is 24.3 Å². The van der Waals surface area contributed by atoms with Crippen LogP contribution in [-0.2, 0) is 22.6 Å². The first-order valence-corrected chi connectivity index (χ1v) is 7.97. The number of ether oxygens (including phenoxy) is 1. The summed E-state index contributed by atoms with van der Waals surface area (Å²) in [5.74, 6) is -0.0758. The van der Waals surface area contributed by atoms with Crippen LogP contribution in [0.3, 0.4) is 0 Å². The van der Waals surface area contributed by atoms with E-state index in [1.165, 1.54) is 0 Å². The number of amides is 1. The fourth-order valence-corrected chi connectivity index (χ4v) is 2.68. The molecule has 0 fully saturated rings. The fraction of sp³-hybridized carbons (Fsp3) is 0.375. The van der Waals surface area contributed by atoms with Crippen molar-refractivity contribution in [2.75, 3.05) is 19.7 Å². The predicted octanol–water partition coefficient (Wildman–Crippen LogP) is 1.58. The van der Waals surface area contributed by atoms with Gasteiger partial charge < -0.3 is 20.4 Å². The Balaban J connectivity index is 1.39. The maximum absolute atomic E-state index is 12.2. The second-order valence-corrected chi connectivity index (χ2v) is 5.81. The Morgan fingerprint density at radius 1 is 1.39 bits per heavy atom. The van der Waals surface area contributed by atoms with Gasteiger partial charge in [0.25, 0.3) is 0 Å². The predicted molar refractivity (Wildman–Crippen MR) is 87.2 cm³/mol. The van der Waals surface area contributed by atoms with Gasteiger partial charge in [-0.25, -0.2) is 4.98 Å². The molecule has 1 aliphatic rings. The molecular weight excluding hydrogens is 316 g/mol. The minimum absolute atomic E-state index is 0.0758. The van der Waals surface area contributed by atoms with Crippen LogP contribution in [-0.4, -0.2) is 35.6 Å². The highest BCUT2D eigenvalue weighted by Gasteiger charge is 2.27. The summed E-state index contributed by atoms with van der Waals surface area (Å²) in [4.78, 5) is 19.5. The van der Waals surface area contributed by atoms with Crippen molar-refractivity contribution < 1.29 is 9.53 Å². The molecular formula is C16H19ClN4O2. The molecule has 2 aromatic rings. The van der Waals surface area contributed by atoms with E-state index < -0.39 is 0 Å². The molecule has 0 radical (unpaired) electrons. The van der Waals surface area contributed by atoms with E-state index in [0.717, 1.165) is 29.9 Å². The average molecular weight is 335 g/mol. The first kappa shape index (κ1) is 16.0. The van der Waals surface area contributed by atoms with Gasteiger partial charge in [-0.05, 0) is 17.7 Å². The van der Waals surface area contributed by atoms with Crippen LogP contribution in [0.5, 0.6) is 0 Å². The van der Waals surface area contributed by atoms with E-state index in [-0.39, 0.29) is 11.9 Å². The summed E-state index contributed by atoms with van der Waals surface area (Å²) < 4.78 is 5.55. The number of rotatable bonds is 6. The van der Waals surface area contributed by atoms with Crippen molar-refractivity contribution in [2.45, 2.75) is 19.1 Å². The summed E-state index contributed by atoms with van der Waals surface area (Å²) in [6, 6.07) is 7.12. The quantitative estimate of drug-likeness (QED) is 0.701. The molecule has 7 heteroatoms. The lowest BCUT2D eigenvalue weighted by Crippen LogP contribution is -2.42. The van der Waals surface area contributed by atoms with Gasteiger partial charge in [-0.3, -0.25) is 4.79 Å². The van der Waals surface area contributed by atoms with Crippen molar-refractivity contribution in [1.82, 2.24) is 20.6 Å². The normalized spacial score (nSPS) is 16.8. The van der Waals surface area contributed by atoms with Gasteiger partial charge in [0.2, 0.25) is 5.91 Å². The van der Waals surface area contributed by atoms with Crippen LogP contribution in [0.4, 0.5) is 0 Å². The van der Waals surface area contributed by atoms with Crippen molar-refractivity contribution in [2.24, 2.45) is 0 Å². The number of aromatic nitrogens is 2. The van der Waals surface area contributed by atoms with Crippen LogP contribution in [0, 0.1) is 0 Å². The summed E-state index contributed by atoms with van der Waals surface area (Å²) in [6.07, 6.45) is 2.50. The standard InChI is InChI=1S/C16H19ClN4O2/c17-12-3-1-11(2-4-12)9-23-8-7-19-16(22)15-14-13(5-6-18-15)20-10-21-14/h1-4,10,15,18H,5-9H2,(H,19,22)(H,20,21). The monoisotopic (exact) mass is 334 g/mol. The molecule has 1 aromatic carbocycles. The zero-order valence-corrected chi connectivity index (χ0v) is 13.4. The summed E-state index contributed by atoms with van der Waals surface area (Å²) in [7, 11) is 0. The number of carbonyl (C=O) groups excluding carboxylic acids is 1. The fourth-order valence-electron chi connectivity index (χ4n) is 2.55. The molecule has 6 nitrogen and oxygen atoms in total. The number of nitrogens with zero attached hydrogens (tertiary/aromatic N) is 1. The number of hydrogen-bond acceptors (Lipinski definition) is 4. The molecule has 1 atom stereocenters. The van der Waals surface area contributed by atoms with E-state index in [0.29, 0.717) is 24.8 Å². The molecule has 1 aromatic heterocycles. The summed E-state index contributed by atoms with van der Waals surface area (Å²) >= 11 is 5.83. The molecule has 0 saturated carbocycles. The Morgan fingerprint density at radius 2 is 2.22 bits per heavy atom. The minimum Gasteiger partial charge on any atom is -0.375 e. The average Bonchev–Trinajstić information content (AvgIpc) is 3.04. The highest BCUT2D eigenvalue weighted by atomic mass is 35.5. The molecule has 3 N–H and O–H groups in total. The topological polar surface area (TPSA) is 79.0 Å². The van der Waals surface area contributed by atoms with Crippen molar-refractivity contribution >= 4 is 17.5 Å². The van der Waals surface area contributed by atoms with Crippen molar-refractivity contribution in [3.05, 3.63) is 52.6 Å². The van der Waals surface area contributed by atoms with Crippen molar-refractivity contribution in [3.8, 4) is 0 Å². The lowest BCUT2D eigenvalue weighted by molar-refractivity contribution is -0.123. The third kappa shape index (κ3) is 4.10. The van der Waals surface area contributed by atoms with E-state index in [4.69, 9.17) is 16.3 Å². The highest BCUT2D eigenvalue weighted by molar-refractivity contribution is 6.30. The van der Waals surface area contributed by atoms with Crippen LogP contribution < -0.4 is 10.6 Å². The summed E-state index contributed by atoms with van der Waals surface area (Å²) in [5, 5.41) is 6.77. The van der Waals surface area contributed by atoms with Gasteiger partial charge >= 0.3 is 0 Å². The lowest BCUT2D eigenvalue weighted by atomic mass is 10.1. The number of hydrogen-bond donors (Lipinski definition) is 3. The number of H-pyrrole nitrogens is 1. The Kier molecular flexibility index (Phi) is 5.27. The smallest absolute Gasteiger partial charge is 0.243 e. The van der Waals surface area contributed by atoms with Gasteiger partial charge in [0, 0.05) is 30.2 Å². The molecule has 3 rings (SSSR count). The zero-order chi connectivity index (χ0) is 16.1. The molecule has 2 heterocycles. The van der Waals surface area contributed by atoms with Crippen molar-refractivity contribution in [3.63, 3.8) is 0 Å². The first-order chi connectivity index (χ1) is 11.2. The molecule has 1 unspecified atom stereocenters. The van der Waals surface area contributed by atoms with Gasteiger partial charge in [-0.1, -0.05) is 23.7 Å². The van der Waals surface area contributed by atoms with E-state index in [1.54, 1.807) is 6.33 Å². The minimum atomic E-state index is -0.388. The largest absolute Gasteiger partial charge is 0.375 e. The SMILES string of the molecule is O=C(NCCOCc1ccc(Cl)cc1)C1NCCc2[nH]cnc21. The number of carbonyl (C=O) groups is 1. The van der Waals surface area contributed by atoms with Gasteiger partial charge in [0.05, 0.1) is 25.2 Å². The van der Waals surface area contributed by atoms with E-state index in [2.05, 4.69) is 20.6 Å². The van der Waals surface area contributed by atoms with Crippen molar-refractivity contribution in [1.29, 1.82) is 0 Å². The van der Waals surface area contributed by atoms with Crippen LogP contribution in [0.15, 0.2) is 30.6 Å². The van der Waals surface area contributed by atoms with Crippen LogP contribution in [0.2, 0.25) is 5.02 Å². The molecule has 0 saturated heterocycles. The Hall–Kier alpha value is -1.89. The van der Waals surface area contributed by atoms with Gasteiger partial charge in [0.15, 0.2) is 0 Å². The molecule has 1 amide bonds. The van der Waals surface area contributed by atoms with Gasteiger partial charge in [-0.2, -0.15) is 0 Å². The van der Waals surface area contributed by atoms with Crippen LogP contribution in [0.1, 0.15) is 23.0 Å². The second kappa shape index (κ2) is 7.59. The number of benzene rings is 1. The lowest BCUT2D eigenvalue weighted by Gasteiger charge is -2.22. The molecule has 0 aliphatic carbocycles. The zero-order valence-electron chi connectivity index (χ0n) is 12.6. The number of imidazole rings is 1. The Bertz CT molecular complexity index is 656. The Labute approximate surface area is 139 Å². The number of halogens is 1. The van der Waals surface area contributed by atoms with Crippen LogP contribution >= 0.6 is 11.6 Å². The van der Waals surface area contributed by atoms with E-state index >= 15 is 0 Å². The Morgan fingerprint density at radius 3 is 3.04 bits per heavy atom. The molecule has 1 aliphatic heterocycles. The maximum atomic E-state index is 12.2. The summed E-state index contributed by atoms with van der Waals surface area (Å²) in [6.45, 7) is 2.18. The number of nitrogens with one attached hydrogen (secondary N) is 3. The summed E-state index contributed by atoms with van der Waals surface area (Å²) in [5.41, 5.74) is 2.87. The number of aromatic amines is 1. The van der Waals surface area contributed by atoms with Crippen LogP contribution in [0.25, 0.3) is 0 Å². The number of fused-ring (bicyclic) bond motifs is 1. The third-order valence-electron chi connectivity index (χ3n) is 3.74. The maximum Gasteiger partial charge on any atom is 0.243 e. The first-order valence-electron chi connectivity index (χ1n) is 7.59. The van der Waals surface area contributed by atoms with Gasteiger partial charge in [-0.15, -0.1) is 0 Å². The van der Waals surface area contributed by atoms with E-state index in [9.17, 15) is 4.79 Å². The highest BCUT2D eigenvalue weighted by Crippen LogP contribution is 2.18.